The van der Waals surface area contributed by atoms with E-state index in [-0.39, 0.29) is 11.5 Å². The van der Waals surface area contributed by atoms with Crippen molar-refractivity contribution in [2.45, 2.75) is 0 Å². The van der Waals surface area contributed by atoms with Gasteiger partial charge in [-0.2, -0.15) is 0 Å². The van der Waals surface area contributed by atoms with Gasteiger partial charge in [0, 0.05) is 0 Å². The van der Waals surface area contributed by atoms with Gasteiger partial charge >= 0.3 is 0 Å². The first-order chi connectivity index (χ1) is 8.56. The third-order valence-corrected chi connectivity index (χ3v) is 2.83. The maximum absolute atomic E-state index is 12.7. The highest BCUT2D eigenvalue weighted by Crippen LogP contribution is 2.19. The van der Waals surface area contributed by atoms with Crippen molar-refractivity contribution >= 4 is 43.6 Å². The van der Waals surface area contributed by atoms with E-state index >= 15 is 0 Å². The second kappa shape index (κ2) is 5.49. The van der Waals surface area contributed by atoms with Crippen LogP contribution in [0.25, 0.3) is 0 Å². The predicted molar refractivity (Wildman–Crippen MR) is 69.6 cm³/mol. The van der Waals surface area contributed by atoms with E-state index in [2.05, 4.69) is 52.1 Å². The number of carbonyl (C=O) groups excluding carboxylic acids is 1. The van der Waals surface area contributed by atoms with Gasteiger partial charge in [0.05, 0.1) is 12.4 Å². The molecule has 0 aliphatic rings. The summed E-state index contributed by atoms with van der Waals surface area (Å²) in [6, 6.07) is 2.44. The molecule has 0 atom stereocenters. The van der Waals surface area contributed by atoms with Crippen LogP contribution in [0.3, 0.4) is 0 Å². The zero-order valence-electron chi connectivity index (χ0n) is 8.69. The fourth-order valence-electron chi connectivity index (χ4n) is 1.11. The molecule has 0 aliphatic carbocycles. The van der Waals surface area contributed by atoms with E-state index in [0.717, 1.165) is 12.3 Å². The number of halogens is 3. The van der Waals surface area contributed by atoms with Gasteiger partial charge in [0.25, 0.3) is 5.91 Å². The Hall–Kier alpha value is -1.41. The zero-order chi connectivity index (χ0) is 13.1. The number of rotatable bonds is 2. The van der Waals surface area contributed by atoms with Gasteiger partial charge < -0.3 is 5.32 Å². The third-order valence-electron chi connectivity index (χ3n) is 1.89. The molecule has 8 heteroatoms. The number of anilines is 1. The van der Waals surface area contributed by atoms with Gasteiger partial charge in [0.2, 0.25) is 0 Å². The van der Waals surface area contributed by atoms with Gasteiger partial charge in [0.15, 0.2) is 5.82 Å². The molecular formula is C10H5Br2FN4O. The standard InChI is InChI=1S/C10H5Br2FN4O/c11-7-4-15-9(8(12)16-7)17-10(18)6-2-1-5(13)3-14-6/h1-4H,(H,15,17,18). The van der Waals surface area contributed by atoms with Crippen LogP contribution in [-0.2, 0) is 0 Å². The molecule has 2 rings (SSSR count). The molecular weight excluding hydrogens is 371 g/mol. The molecule has 1 amide bonds. The fourth-order valence-corrected chi connectivity index (χ4v) is 2.02. The molecule has 1 N–H and O–H groups in total. The van der Waals surface area contributed by atoms with Crippen molar-refractivity contribution in [1.82, 2.24) is 15.0 Å². The van der Waals surface area contributed by atoms with Gasteiger partial charge in [-0.1, -0.05) is 0 Å². The van der Waals surface area contributed by atoms with Crippen LogP contribution in [0.2, 0.25) is 0 Å². The fraction of sp³-hybridized carbons (Fsp3) is 0. The molecule has 2 aromatic rings. The Morgan fingerprint density at radius 3 is 2.61 bits per heavy atom. The highest BCUT2D eigenvalue weighted by atomic mass is 79.9. The van der Waals surface area contributed by atoms with Crippen LogP contribution in [0.15, 0.2) is 33.7 Å². The molecule has 2 heterocycles. The lowest BCUT2D eigenvalue weighted by Gasteiger charge is -2.05. The van der Waals surface area contributed by atoms with Crippen LogP contribution in [0, 0.1) is 5.82 Å². The number of carbonyl (C=O) groups is 1. The number of hydrogen-bond acceptors (Lipinski definition) is 4. The molecule has 0 aliphatic heterocycles. The lowest BCUT2D eigenvalue weighted by molar-refractivity contribution is 0.102. The van der Waals surface area contributed by atoms with Gasteiger partial charge in [-0.05, 0) is 44.0 Å². The number of amides is 1. The summed E-state index contributed by atoms with van der Waals surface area (Å²) in [5, 5.41) is 2.51. The van der Waals surface area contributed by atoms with E-state index in [1.54, 1.807) is 0 Å². The van der Waals surface area contributed by atoms with Crippen LogP contribution < -0.4 is 5.32 Å². The molecule has 0 aromatic carbocycles. The summed E-state index contributed by atoms with van der Waals surface area (Å²) < 4.78 is 13.6. The van der Waals surface area contributed by atoms with Crippen molar-refractivity contribution in [2.24, 2.45) is 0 Å². The molecule has 2 aromatic heterocycles. The van der Waals surface area contributed by atoms with Crippen molar-refractivity contribution in [2.75, 3.05) is 5.32 Å². The second-order valence-corrected chi connectivity index (χ2v) is 4.71. The highest BCUT2D eigenvalue weighted by molar-refractivity contribution is 9.11. The molecule has 5 nitrogen and oxygen atoms in total. The molecule has 0 saturated heterocycles. The summed E-state index contributed by atoms with van der Waals surface area (Å²) in [4.78, 5) is 23.4. The van der Waals surface area contributed by atoms with E-state index in [0.29, 0.717) is 9.21 Å². The Labute approximate surface area is 118 Å². The van der Waals surface area contributed by atoms with E-state index in [4.69, 9.17) is 0 Å². The Balaban J connectivity index is 2.18. The summed E-state index contributed by atoms with van der Waals surface area (Å²) in [5.74, 6) is -0.738. The average molecular weight is 376 g/mol. The highest BCUT2D eigenvalue weighted by Gasteiger charge is 2.11. The van der Waals surface area contributed by atoms with Crippen LogP contribution >= 0.6 is 31.9 Å². The normalized spacial score (nSPS) is 10.2. The van der Waals surface area contributed by atoms with Crippen molar-refractivity contribution < 1.29 is 9.18 Å². The monoisotopic (exact) mass is 374 g/mol. The van der Waals surface area contributed by atoms with Crippen molar-refractivity contribution in [3.63, 3.8) is 0 Å². The summed E-state index contributed by atoms with van der Waals surface area (Å²) in [6.45, 7) is 0. The second-order valence-electron chi connectivity index (χ2n) is 3.15. The molecule has 0 saturated carbocycles. The van der Waals surface area contributed by atoms with E-state index in [1.165, 1.54) is 12.3 Å². The number of nitrogens with one attached hydrogen (secondary N) is 1. The van der Waals surface area contributed by atoms with E-state index in [9.17, 15) is 9.18 Å². The minimum atomic E-state index is -0.504. The molecule has 0 spiro atoms. The molecule has 18 heavy (non-hydrogen) atoms. The van der Waals surface area contributed by atoms with Gasteiger partial charge in [-0.3, -0.25) is 4.79 Å². The Morgan fingerprint density at radius 1 is 1.22 bits per heavy atom. The largest absolute Gasteiger partial charge is 0.303 e. The Morgan fingerprint density at radius 2 is 2.00 bits per heavy atom. The van der Waals surface area contributed by atoms with Gasteiger partial charge in [0.1, 0.15) is 20.7 Å². The predicted octanol–water partition coefficient (Wildman–Crippen LogP) is 2.79. The zero-order valence-corrected chi connectivity index (χ0v) is 11.9. The van der Waals surface area contributed by atoms with Gasteiger partial charge in [-0.15, -0.1) is 0 Å². The Bertz CT molecular complexity index is 591. The molecule has 0 unspecified atom stereocenters. The number of aromatic nitrogens is 3. The minimum absolute atomic E-state index is 0.0908. The van der Waals surface area contributed by atoms with Crippen LogP contribution in [-0.4, -0.2) is 20.9 Å². The van der Waals surface area contributed by atoms with Crippen LogP contribution in [0.4, 0.5) is 10.2 Å². The van der Waals surface area contributed by atoms with Crippen LogP contribution in [0.1, 0.15) is 10.5 Å². The molecule has 0 fully saturated rings. The molecule has 0 bridgehead atoms. The Kier molecular flexibility index (Phi) is 3.97. The summed E-state index contributed by atoms with van der Waals surface area (Å²) in [5.41, 5.74) is 0.0908. The van der Waals surface area contributed by atoms with E-state index in [1.807, 2.05) is 0 Å². The average Bonchev–Trinajstić information content (AvgIpc) is 2.33. The van der Waals surface area contributed by atoms with Crippen molar-refractivity contribution in [3.05, 3.63) is 45.2 Å². The summed E-state index contributed by atoms with van der Waals surface area (Å²) in [7, 11) is 0. The maximum Gasteiger partial charge on any atom is 0.275 e. The first-order valence-corrected chi connectivity index (χ1v) is 6.26. The van der Waals surface area contributed by atoms with Crippen molar-refractivity contribution in [1.29, 1.82) is 0 Å². The topological polar surface area (TPSA) is 67.8 Å². The van der Waals surface area contributed by atoms with Crippen LogP contribution in [0.5, 0.6) is 0 Å². The number of hydrogen-bond donors (Lipinski definition) is 1. The summed E-state index contributed by atoms with van der Waals surface area (Å²) in [6.07, 6.45) is 2.41. The lowest BCUT2D eigenvalue weighted by atomic mass is 10.3. The lowest BCUT2D eigenvalue weighted by Crippen LogP contribution is -2.15. The molecule has 0 radical (unpaired) electrons. The first-order valence-electron chi connectivity index (χ1n) is 4.67. The van der Waals surface area contributed by atoms with Crippen molar-refractivity contribution in [3.8, 4) is 0 Å². The number of nitrogens with zero attached hydrogens (tertiary/aromatic N) is 3. The maximum atomic E-state index is 12.7. The summed E-state index contributed by atoms with van der Waals surface area (Å²) >= 11 is 6.31. The van der Waals surface area contributed by atoms with Gasteiger partial charge in [-0.25, -0.2) is 19.3 Å². The number of pyridine rings is 1. The SMILES string of the molecule is O=C(Nc1ncc(Br)nc1Br)c1ccc(F)cn1. The minimum Gasteiger partial charge on any atom is -0.303 e. The van der Waals surface area contributed by atoms with E-state index < -0.39 is 11.7 Å². The third kappa shape index (κ3) is 3.08. The molecule has 92 valence electrons. The smallest absolute Gasteiger partial charge is 0.275 e. The quantitative estimate of drug-likeness (QED) is 0.876. The first kappa shape index (κ1) is 13.0.